The van der Waals surface area contributed by atoms with Gasteiger partial charge in [0.2, 0.25) is 10.0 Å². The number of rotatable bonds is 4. The minimum atomic E-state index is -3.87. The van der Waals surface area contributed by atoms with E-state index in [0.717, 1.165) is 28.9 Å². The number of amides is 2. The Kier molecular flexibility index (Phi) is 5.68. The van der Waals surface area contributed by atoms with E-state index in [4.69, 9.17) is 5.14 Å². The number of piperidine rings is 1. The second kappa shape index (κ2) is 8.18. The molecule has 4 rings (SSSR count). The summed E-state index contributed by atoms with van der Waals surface area (Å²) >= 11 is 0. The Hall–Kier alpha value is -2.97. The number of anilines is 1. The van der Waals surface area contributed by atoms with Crippen molar-refractivity contribution < 1.29 is 18.0 Å². The summed E-state index contributed by atoms with van der Waals surface area (Å²) in [5.41, 5.74) is 3.98. The molecule has 1 saturated heterocycles. The van der Waals surface area contributed by atoms with Crippen molar-refractivity contribution in [1.82, 2.24) is 4.90 Å². The zero-order valence-corrected chi connectivity index (χ0v) is 19.3. The lowest BCUT2D eigenvalue weighted by Crippen LogP contribution is -2.39. The number of nitrogens with two attached hydrogens (primary N) is 1. The van der Waals surface area contributed by atoms with Gasteiger partial charge in [0.25, 0.3) is 11.8 Å². The normalized spacial score (nSPS) is 19.8. The van der Waals surface area contributed by atoms with E-state index in [1.807, 2.05) is 36.9 Å². The van der Waals surface area contributed by atoms with E-state index in [9.17, 15) is 18.0 Å². The zero-order chi connectivity index (χ0) is 23.2. The van der Waals surface area contributed by atoms with Crippen LogP contribution in [0.25, 0.3) is 5.57 Å². The van der Waals surface area contributed by atoms with Gasteiger partial charge in [0.05, 0.1) is 16.2 Å². The van der Waals surface area contributed by atoms with E-state index in [0.29, 0.717) is 41.5 Å². The monoisotopic (exact) mass is 453 g/mol. The van der Waals surface area contributed by atoms with Crippen LogP contribution < -0.4 is 10.0 Å². The third-order valence-corrected chi connectivity index (χ3v) is 7.18. The SMILES string of the molecule is Cc1ccc(C2=C(N3CCCC(C)C3)C(=O)N(c3ccc(S(N)(=O)=O)cc3)C2=O)cc1C. The number of hydrogen-bond donors (Lipinski definition) is 1. The van der Waals surface area contributed by atoms with Crippen LogP contribution in [-0.4, -0.2) is 38.2 Å². The molecule has 168 valence electrons. The predicted molar refractivity (Wildman–Crippen MR) is 123 cm³/mol. The summed E-state index contributed by atoms with van der Waals surface area (Å²) < 4.78 is 23.2. The second-order valence-corrected chi connectivity index (χ2v) is 10.3. The minimum absolute atomic E-state index is 0.0761. The number of benzene rings is 2. The summed E-state index contributed by atoms with van der Waals surface area (Å²) in [6.45, 7) is 7.55. The zero-order valence-electron chi connectivity index (χ0n) is 18.5. The lowest BCUT2D eigenvalue weighted by Gasteiger charge is -2.33. The molecule has 2 heterocycles. The number of carbonyl (C=O) groups is 2. The van der Waals surface area contributed by atoms with Crippen molar-refractivity contribution in [3.05, 3.63) is 64.9 Å². The third kappa shape index (κ3) is 3.96. The molecule has 1 fully saturated rings. The molecule has 1 unspecified atom stereocenters. The van der Waals surface area contributed by atoms with Crippen LogP contribution in [-0.2, 0) is 19.6 Å². The maximum atomic E-state index is 13.6. The molecule has 1 atom stereocenters. The van der Waals surface area contributed by atoms with Gasteiger partial charge >= 0.3 is 0 Å². The summed E-state index contributed by atoms with van der Waals surface area (Å²) in [5.74, 6) is -0.376. The fraction of sp³-hybridized carbons (Fsp3) is 0.333. The van der Waals surface area contributed by atoms with Crippen molar-refractivity contribution in [1.29, 1.82) is 0 Å². The number of carbonyl (C=O) groups excluding carboxylic acids is 2. The molecule has 2 aromatic rings. The molecular weight excluding hydrogens is 426 g/mol. The summed E-state index contributed by atoms with van der Waals surface area (Å²) in [6.07, 6.45) is 2.04. The summed E-state index contributed by atoms with van der Waals surface area (Å²) in [4.78, 5) is 30.3. The molecule has 8 heteroatoms. The maximum Gasteiger partial charge on any atom is 0.282 e. The van der Waals surface area contributed by atoms with E-state index in [1.165, 1.54) is 24.3 Å². The number of imide groups is 1. The lowest BCUT2D eigenvalue weighted by molar-refractivity contribution is -0.120. The molecule has 2 aliphatic heterocycles. The molecule has 2 aromatic carbocycles. The quantitative estimate of drug-likeness (QED) is 0.718. The molecule has 0 radical (unpaired) electrons. The Morgan fingerprint density at radius 3 is 2.25 bits per heavy atom. The highest BCUT2D eigenvalue weighted by molar-refractivity contribution is 7.89. The van der Waals surface area contributed by atoms with Crippen LogP contribution in [0.2, 0.25) is 0 Å². The van der Waals surface area contributed by atoms with Crippen LogP contribution in [0.1, 0.15) is 36.5 Å². The fourth-order valence-electron chi connectivity index (χ4n) is 4.38. The van der Waals surface area contributed by atoms with Crippen LogP contribution in [0.5, 0.6) is 0 Å². The number of aryl methyl sites for hydroxylation is 2. The van der Waals surface area contributed by atoms with Gasteiger partial charge in [-0.1, -0.05) is 25.1 Å². The molecular formula is C24H27N3O4S. The van der Waals surface area contributed by atoms with Gasteiger partial charge in [-0.3, -0.25) is 9.59 Å². The first kappa shape index (κ1) is 22.2. The highest BCUT2D eigenvalue weighted by Crippen LogP contribution is 2.37. The minimum Gasteiger partial charge on any atom is -0.366 e. The van der Waals surface area contributed by atoms with E-state index >= 15 is 0 Å². The Labute approximate surface area is 188 Å². The van der Waals surface area contributed by atoms with Crippen molar-refractivity contribution in [2.24, 2.45) is 11.1 Å². The first-order valence-electron chi connectivity index (χ1n) is 10.7. The first-order valence-corrected chi connectivity index (χ1v) is 12.2. The van der Waals surface area contributed by atoms with Crippen molar-refractivity contribution in [3.8, 4) is 0 Å². The average molecular weight is 454 g/mol. The second-order valence-electron chi connectivity index (χ2n) is 8.70. The highest BCUT2D eigenvalue weighted by Gasteiger charge is 2.43. The molecule has 32 heavy (non-hydrogen) atoms. The summed E-state index contributed by atoms with van der Waals surface area (Å²) in [5, 5.41) is 5.18. The number of primary sulfonamides is 1. The van der Waals surface area contributed by atoms with Gasteiger partial charge in [-0.25, -0.2) is 18.5 Å². The average Bonchev–Trinajstić information content (AvgIpc) is 2.99. The van der Waals surface area contributed by atoms with Gasteiger partial charge < -0.3 is 4.90 Å². The summed E-state index contributed by atoms with van der Waals surface area (Å²) in [6, 6.07) is 11.3. The number of nitrogens with zero attached hydrogens (tertiary/aromatic N) is 2. The van der Waals surface area contributed by atoms with Crippen molar-refractivity contribution in [2.75, 3.05) is 18.0 Å². The van der Waals surface area contributed by atoms with Gasteiger partial charge in [-0.05, 0) is 73.6 Å². The van der Waals surface area contributed by atoms with Crippen molar-refractivity contribution in [3.63, 3.8) is 0 Å². The van der Waals surface area contributed by atoms with E-state index < -0.39 is 15.9 Å². The topological polar surface area (TPSA) is 101 Å². The molecule has 0 aromatic heterocycles. The van der Waals surface area contributed by atoms with Crippen LogP contribution in [0.15, 0.2) is 53.1 Å². The molecule has 2 amide bonds. The van der Waals surface area contributed by atoms with Crippen molar-refractivity contribution >= 4 is 33.1 Å². The molecule has 0 saturated carbocycles. The fourth-order valence-corrected chi connectivity index (χ4v) is 4.90. The summed E-state index contributed by atoms with van der Waals surface area (Å²) in [7, 11) is -3.87. The molecule has 0 bridgehead atoms. The Morgan fingerprint density at radius 1 is 0.969 bits per heavy atom. The predicted octanol–water partition coefficient (Wildman–Crippen LogP) is 2.97. The van der Waals surface area contributed by atoms with Gasteiger partial charge in [0.1, 0.15) is 5.70 Å². The van der Waals surface area contributed by atoms with Gasteiger partial charge in [0, 0.05) is 13.1 Å². The molecule has 7 nitrogen and oxygen atoms in total. The maximum absolute atomic E-state index is 13.6. The number of sulfonamides is 1. The lowest BCUT2D eigenvalue weighted by atomic mass is 9.96. The largest absolute Gasteiger partial charge is 0.366 e. The molecule has 0 spiro atoms. The van der Waals surface area contributed by atoms with Crippen LogP contribution in [0.3, 0.4) is 0 Å². The smallest absolute Gasteiger partial charge is 0.282 e. The third-order valence-electron chi connectivity index (χ3n) is 6.25. The highest BCUT2D eigenvalue weighted by atomic mass is 32.2. The van der Waals surface area contributed by atoms with E-state index in [-0.39, 0.29) is 10.8 Å². The van der Waals surface area contributed by atoms with Crippen LogP contribution in [0.4, 0.5) is 5.69 Å². The Bertz CT molecular complexity index is 1230. The van der Waals surface area contributed by atoms with Gasteiger partial charge in [-0.15, -0.1) is 0 Å². The number of likely N-dealkylation sites (tertiary alicyclic amines) is 1. The van der Waals surface area contributed by atoms with Crippen LogP contribution in [0, 0.1) is 19.8 Å². The van der Waals surface area contributed by atoms with E-state index in [2.05, 4.69) is 6.92 Å². The van der Waals surface area contributed by atoms with Crippen LogP contribution >= 0.6 is 0 Å². The molecule has 2 N–H and O–H groups in total. The standard InChI is InChI=1S/C24H27N3O4S/c1-15-5-4-12-26(14-15)22-21(18-7-6-16(2)17(3)13-18)23(28)27(24(22)29)19-8-10-20(11-9-19)32(25,30)31/h6-11,13,15H,4-5,12,14H2,1-3H3,(H2,25,30,31). The first-order chi connectivity index (χ1) is 15.1. The molecule has 0 aliphatic carbocycles. The molecule has 2 aliphatic rings. The van der Waals surface area contributed by atoms with E-state index in [1.54, 1.807) is 0 Å². The number of hydrogen-bond acceptors (Lipinski definition) is 5. The van der Waals surface area contributed by atoms with Crippen molar-refractivity contribution in [2.45, 2.75) is 38.5 Å². The van der Waals surface area contributed by atoms with Gasteiger partial charge in [-0.2, -0.15) is 0 Å². The van der Waals surface area contributed by atoms with Gasteiger partial charge in [0.15, 0.2) is 0 Å². The Morgan fingerprint density at radius 2 is 1.66 bits per heavy atom. The Balaban J connectivity index is 1.81.